The normalized spacial score (nSPS) is 16.0. The molecule has 0 bridgehead atoms. The maximum Gasteiger partial charge on any atom is 0.336 e. The summed E-state index contributed by atoms with van der Waals surface area (Å²) in [7, 11) is 2.02. The van der Waals surface area contributed by atoms with Crippen LogP contribution in [0.5, 0.6) is 11.5 Å². The lowest BCUT2D eigenvalue weighted by Crippen LogP contribution is -2.39. The molecule has 27 heavy (non-hydrogen) atoms. The molecule has 0 N–H and O–H groups in total. The Bertz CT molecular complexity index is 1010. The Labute approximate surface area is 158 Å². The Morgan fingerprint density at radius 1 is 1.11 bits per heavy atom. The summed E-state index contributed by atoms with van der Waals surface area (Å²) in [6.45, 7) is 3.93. The van der Waals surface area contributed by atoms with Gasteiger partial charge in [-0.15, -0.1) is 0 Å². The minimum Gasteiger partial charge on any atom is -0.486 e. The number of nitrogens with zero attached hydrogens (tertiary/aromatic N) is 1. The summed E-state index contributed by atoms with van der Waals surface area (Å²) in [6, 6.07) is 15.4. The van der Waals surface area contributed by atoms with E-state index in [1.165, 1.54) is 0 Å². The van der Waals surface area contributed by atoms with Crippen LogP contribution < -0.4 is 15.1 Å². The van der Waals surface area contributed by atoms with E-state index < -0.39 is 0 Å². The van der Waals surface area contributed by atoms with Gasteiger partial charge in [0, 0.05) is 24.5 Å². The van der Waals surface area contributed by atoms with Crippen molar-refractivity contribution in [3.05, 3.63) is 70.1 Å². The summed E-state index contributed by atoms with van der Waals surface area (Å²) < 4.78 is 17.2. The quantitative estimate of drug-likeness (QED) is 0.646. The molecule has 5 nitrogen and oxygen atoms in total. The van der Waals surface area contributed by atoms with Crippen LogP contribution in [0.1, 0.15) is 18.1 Å². The number of ether oxygens (including phenoxy) is 2. The van der Waals surface area contributed by atoms with Gasteiger partial charge in [-0.25, -0.2) is 4.79 Å². The molecule has 1 unspecified atom stereocenters. The largest absolute Gasteiger partial charge is 0.486 e. The third-order valence-corrected chi connectivity index (χ3v) is 4.83. The lowest BCUT2D eigenvalue weighted by molar-refractivity contribution is 0.0639. The molecule has 2 heterocycles. The smallest absolute Gasteiger partial charge is 0.336 e. The van der Waals surface area contributed by atoms with Crippen LogP contribution >= 0.6 is 0 Å². The second-order valence-corrected chi connectivity index (χ2v) is 6.97. The van der Waals surface area contributed by atoms with Gasteiger partial charge in [0.15, 0.2) is 11.5 Å². The van der Waals surface area contributed by atoms with E-state index in [0.29, 0.717) is 25.3 Å². The van der Waals surface area contributed by atoms with Gasteiger partial charge in [0.2, 0.25) is 0 Å². The first-order chi connectivity index (χ1) is 13.1. The van der Waals surface area contributed by atoms with Gasteiger partial charge in [0.25, 0.3) is 0 Å². The lowest BCUT2D eigenvalue weighted by atomic mass is 10.1. The summed E-state index contributed by atoms with van der Waals surface area (Å²) >= 11 is 0. The van der Waals surface area contributed by atoms with E-state index in [9.17, 15) is 4.79 Å². The van der Waals surface area contributed by atoms with E-state index in [1.807, 2.05) is 43.4 Å². The minimum atomic E-state index is -0.315. The highest BCUT2D eigenvalue weighted by Crippen LogP contribution is 2.31. The van der Waals surface area contributed by atoms with E-state index in [2.05, 4.69) is 17.9 Å². The average Bonchev–Trinajstić information content (AvgIpc) is 2.67. The number of hydrogen-bond acceptors (Lipinski definition) is 5. The highest BCUT2D eigenvalue weighted by atomic mass is 16.6. The minimum absolute atomic E-state index is 0.0528. The number of benzene rings is 2. The third-order valence-electron chi connectivity index (χ3n) is 4.83. The Balaban J connectivity index is 1.50. The molecule has 1 aliphatic heterocycles. The van der Waals surface area contributed by atoms with Crippen LogP contribution in [0.15, 0.2) is 57.7 Å². The van der Waals surface area contributed by atoms with Crippen molar-refractivity contribution in [1.29, 1.82) is 0 Å². The van der Waals surface area contributed by atoms with Gasteiger partial charge in [-0.3, -0.25) is 4.90 Å². The molecule has 1 aliphatic rings. The van der Waals surface area contributed by atoms with Crippen LogP contribution in [0.4, 0.5) is 0 Å². The number of hydrogen-bond donors (Lipinski definition) is 0. The van der Waals surface area contributed by atoms with E-state index in [-0.39, 0.29) is 11.7 Å². The zero-order valence-corrected chi connectivity index (χ0v) is 15.6. The summed E-state index contributed by atoms with van der Waals surface area (Å²) in [5.41, 5.74) is 2.45. The van der Waals surface area contributed by atoms with E-state index in [0.717, 1.165) is 34.4 Å². The molecular formula is C22H23NO4. The zero-order valence-electron chi connectivity index (χ0n) is 15.6. The highest BCUT2D eigenvalue weighted by molar-refractivity contribution is 5.80. The lowest BCUT2D eigenvalue weighted by Gasteiger charge is -2.29. The fourth-order valence-corrected chi connectivity index (χ4v) is 3.48. The predicted octanol–water partition coefficient (Wildman–Crippen LogP) is 3.63. The van der Waals surface area contributed by atoms with Crippen LogP contribution in [-0.2, 0) is 13.0 Å². The van der Waals surface area contributed by atoms with Crippen molar-refractivity contribution < 1.29 is 13.9 Å². The summed E-state index contributed by atoms with van der Waals surface area (Å²) in [5, 5.41) is 0.977. The zero-order chi connectivity index (χ0) is 18.8. The van der Waals surface area contributed by atoms with Crippen LogP contribution in [0, 0.1) is 0 Å². The molecule has 1 atom stereocenters. The monoisotopic (exact) mass is 365 g/mol. The highest BCUT2D eigenvalue weighted by Gasteiger charge is 2.22. The first kappa shape index (κ1) is 17.6. The summed E-state index contributed by atoms with van der Waals surface area (Å²) in [5.74, 6) is 1.56. The number of rotatable bonds is 5. The molecule has 0 radical (unpaired) electrons. The van der Waals surface area contributed by atoms with Crippen LogP contribution in [0.2, 0.25) is 0 Å². The Morgan fingerprint density at radius 2 is 1.93 bits per heavy atom. The maximum atomic E-state index is 12.0. The van der Waals surface area contributed by atoms with Crippen molar-refractivity contribution in [2.75, 3.05) is 20.2 Å². The Kier molecular flexibility index (Phi) is 4.86. The SMILES string of the molecule is CCc1ccc2c(CN(C)CC3COc4ccccc4O3)cc(=O)oc2c1. The van der Waals surface area contributed by atoms with Crippen molar-refractivity contribution in [2.24, 2.45) is 0 Å². The molecule has 0 spiro atoms. The topological polar surface area (TPSA) is 51.9 Å². The van der Waals surface area contributed by atoms with Gasteiger partial charge in [-0.1, -0.05) is 31.2 Å². The van der Waals surface area contributed by atoms with Crippen molar-refractivity contribution in [1.82, 2.24) is 4.90 Å². The first-order valence-electron chi connectivity index (χ1n) is 9.25. The van der Waals surface area contributed by atoms with Crippen molar-refractivity contribution >= 4 is 11.0 Å². The summed E-state index contributed by atoms with van der Waals surface area (Å²) in [4.78, 5) is 14.1. The molecule has 0 fully saturated rings. The van der Waals surface area contributed by atoms with Crippen LogP contribution in [0.3, 0.4) is 0 Å². The van der Waals surface area contributed by atoms with Gasteiger partial charge in [0.05, 0.1) is 0 Å². The van der Waals surface area contributed by atoms with Crippen LogP contribution in [-0.4, -0.2) is 31.2 Å². The number of aryl methyl sites for hydroxylation is 1. The third kappa shape index (κ3) is 3.83. The fraction of sp³-hybridized carbons (Fsp3) is 0.318. The van der Waals surface area contributed by atoms with Gasteiger partial charge in [0.1, 0.15) is 18.3 Å². The standard InChI is InChI=1S/C22H23NO4/c1-3-15-8-9-18-16(11-22(24)27-21(18)10-15)12-23(2)13-17-14-25-19-6-4-5-7-20(19)26-17/h4-11,17H,3,12-14H2,1-2H3. The van der Waals surface area contributed by atoms with E-state index in [4.69, 9.17) is 13.9 Å². The number of fused-ring (bicyclic) bond motifs is 2. The maximum absolute atomic E-state index is 12.0. The molecule has 4 rings (SSSR count). The Hall–Kier alpha value is -2.79. The fourth-order valence-electron chi connectivity index (χ4n) is 3.48. The molecule has 1 aromatic heterocycles. The molecule has 2 aromatic carbocycles. The van der Waals surface area contributed by atoms with Crippen molar-refractivity contribution in [3.8, 4) is 11.5 Å². The first-order valence-corrected chi connectivity index (χ1v) is 9.25. The molecule has 3 aromatic rings. The Morgan fingerprint density at radius 3 is 2.74 bits per heavy atom. The van der Waals surface area contributed by atoms with Crippen molar-refractivity contribution in [3.63, 3.8) is 0 Å². The predicted molar refractivity (Wildman–Crippen MR) is 105 cm³/mol. The summed E-state index contributed by atoms with van der Waals surface area (Å²) in [6.07, 6.45) is 0.854. The van der Waals surface area contributed by atoms with Gasteiger partial charge >= 0.3 is 5.63 Å². The van der Waals surface area contributed by atoms with Crippen molar-refractivity contribution in [2.45, 2.75) is 26.0 Å². The second kappa shape index (κ2) is 7.45. The molecule has 0 amide bonds. The molecular weight excluding hydrogens is 342 g/mol. The van der Waals surface area contributed by atoms with E-state index in [1.54, 1.807) is 6.07 Å². The molecule has 5 heteroatoms. The molecule has 0 saturated heterocycles. The molecule has 140 valence electrons. The number of para-hydroxylation sites is 2. The van der Waals surface area contributed by atoms with E-state index >= 15 is 0 Å². The van der Waals surface area contributed by atoms with Gasteiger partial charge < -0.3 is 13.9 Å². The van der Waals surface area contributed by atoms with Crippen LogP contribution in [0.25, 0.3) is 11.0 Å². The number of likely N-dealkylation sites (N-methyl/N-ethyl adjacent to an activating group) is 1. The molecule has 0 saturated carbocycles. The van der Waals surface area contributed by atoms with Gasteiger partial charge in [-0.2, -0.15) is 0 Å². The van der Waals surface area contributed by atoms with Gasteiger partial charge in [-0.05, 0) is 42.8 Å². The second-order valence-electron chi connectivity index (χ2n) is 6.97. The molecule has 0 aliphatic carbocycles. The average molecular weight is 365 g/mol.